The fourth-order valence-electron chi connectivity index (χ4n) is 4.35. The Bertz CT molecular complexity index is 1430. The maximum Gasteiger partial charge on any atom is 0.271 e. The molecular formula is C30H36N4O6S. The summed E-state index contributed by atoms with van der Waals surface area (Å²) in [6, 6.07) is 21.2. The van der Waals surface area contributed by atoms with Gasteiger partial charge in [0.05, 0.1) is 15.5 Å². The van der Waals surface area contributed by atoms with Gasteiger partial charge in [0.25, 0.3) is 15.7 Å². The zero-order valence-corrected chi connectivity index (χ0v) is 24.3. The quantitative estimate of drug-likeness (QED) is 0.220. The molecule has 2 amide bonds. The molecule has 0 aliphatic carbocycles. The van der Waals surface area contributed by atoms with Crippen LogP contribution < -0.4 is 9.62 Å². The first-order valence-corrected chi connectivity index (χ1v) is 15.0. The maximum absolute atomic E-state index is 14.0. The molecule has 0 aliphatic heterocycles. The van der Waals surface area contributed by atoms with E-state index >= 15 is 0 Å². The topological polar surface area (TPSA) is 130 Å². The summed E-state index contributed by atoms with van der Waals surface area (Å²) in [6.45, 7) is 5.12. The summed E-state index contributed by atoms with van der Waals surface area (Å²) in [5.74, 6) is -0.922. The van der Waals surface area contributed by atoms with Gasteiger partial charge in [0.15, 0.2) is 0 Å². The number of nitro benzene ring substituents is 1. The van der Waals surface area contributed by atoms with Gasteiger partial charge in [0, 0.05) is 24.7 Å². The highest BCUT2D eigenvalue weighted by Gasteiger charge is 2.34. The number of sulfonamides is 1. The van der Waals surface area contributed by atoms with Gasteiger partial charge < -0.3 is 10.2 Å². The fourth-order valence-corrected chi connectivity index (χ4v) is 5.77. The Balaban J connectivity index is 2.04. The first-order chi connectivity index (χ1) is 19.6. The molecule has 0 spiro atoms. The van der Waals surface area contributed by atoms with Crippen LogP contribution in [0.1, 0.15) is 39.2 Å². The van der Waals surface area contributed by atoms with E-state index in [9.17, 15) is 28.1 Å². The number of benzene rings is 3. The number of carbonyl (C=O) groups is 2. The lowest BCUT2D eigenvalue weighted by Gasteiger charge is -2.33. The lowest BCUT2D eigenvalue weighted by molar-refractivity contribution is -0.384. The Morgan fingerprint density at radius 1 is 0.927 bits per heavy atom. The van der Waals surface area contributed by atoms with E-state index in [0.717, 1.165) is 15.9 Å². The number of nitrogens with one attached hydrogen (secondary N) is 1. The first-order valence-electron chi connectivity index (χ1n) is 13.5. The second kappa shape index (κ2) is 14.4. The van der Waals surface area contributed by atoms with Crippen molar-refractivity contribution >= 4 is 33.2 Å². The van der Waals surface area contributed by atoms with Crippen molar-refractivity contribution in [3.05, 3.63) is 101 Å². The van der Waals surface area contributed by atoms with Crippen LogP contribution in [0.2, 0.25) is 0 Å². The number of non-ortho nitro benzene ring substituents is 1. The van der Waals surface area contributed by atoms with Crippen LogP contribution in [0.4, 0.5) is 11.4 Å². The van der Waals surface area contributed by atoms with Crippen LogP contribution in [-0.2, 0) is 26.0 Å². The fraction of sp³-hybridized carbons (Fsp3) is 0.333. The summed E-state index contributed by atoms with van der Waals surface area (Å²) in [7, 11) is -4.31. The number of nitrogens with zero attached hydrogens (tertiary/aromatic N) is 3. The van der Waals surface area contributed by atoms with Crippen molar-refractivity contribution in [2.24, 2.45) is 0 Å². The standard InChI is InChI=1S/C30H36N4O6S/c1-4-23(3)31-30(36)28(5-2)32(20-19-24-13-8-6-9-14-24)29(35)22-33(25-15-12-16-26(21-25)34(37)38)41(39,40)27-17-10-7-11-18-27/h6-18,21,23,28H,4-5,19-20,22H2,1-3H3,(H,31,36)/t23-,28-/m1/s1. The normalized spacial score (nSPS) is 12.7. The largest absolute Gasteiger partial charge is 0.352 e. The zero-order chi connectivity index (χ0) is 30.0. The van der Waals surface area contributed by atoms with Crippen LogP contribution in [0.15, 0.2) is 89.8 Å². The Kier molecular flexibility index (Phi) is 11.0. The van der Waals surface area contributed by atoms with Crippen molar-refractivity contribution in [2.75, 3.05) is 17.4 Å². The average molecular weight is 581 g/mol. The molecule has 0 unspecified atom stereocenters. The molecule has 3 rings (SSSR count). The van der Waals surface area contributed by atoms with E-state index < -0.39 is 33.4 Å². The van der Waals surface area contributed by atoms with E-state index in [2.05, 4.69) is 5.32 Å². The molecule has 1 N–H and O–H groups in total. The summed E-state index contributed by atoms with van der Waals surface area (Å²) in [6.07, 6.45) is 1.46. The second-order valence-corrected chi connectivity index (χ2v) is 11.5. The first kappa shape index (κ1) is 31.3. The van der Waals surface area contributed by atoms with Crippen LogP contribution in [0.25, 0.3) is 0 Å². The summed E-state index contributed by atoms with van der Waals surface area (Å²) in [5, 5.41) is 14.4. The molecule has 11 heteroatoms. The number of amides is 2. The molecule has 0 saturated carbocycles. The lowest BCUT2D eigenvalue weighted by atomic mass is 10.1. The van der Waals surface area contributed by atoms with Crippen LogP contribution in [0, 0.1) is 10.1 Å². The third kappa shape index (κ3) is 8.14. The van der Waals surface area contributed by atoms with E-state index in [1.807, 2.05) is 44.2 Å². The van der Waals surface area contributed by atoms with Gasteiger partial charge in [-0.2, -0.15) is 0 Å². The molecule has 0 aromatic heterocycles. The molecule has 218 valence electrons. The highest BCUT2D eigenvalue weighted by atomic mass is 32.2. The summed E-state index contributed by atoms with van der Waals surface area (Å²) < 4.78 is 28.5. The summed E-state index contributed by atoms with van der Waals surface area (Å²) >= 11 is 0. The smallest absolute Gasteiger partial charge is 0.271 e. The van der Waals surface area contributed by atoms with Gasteiger partial charge >= 0.3 is 0 Å². The summed E-state index contributed by atoms with van der Waals surface area (Å²) in [4.78, 5) is 39.5. The van der Waals surface area contributed by atoms with Gasteiger partial charge in [-0.15, -0.1) is 0 Å². The van der Waals surface area contributed by atoms with Crippen LogP contribution >= 0.6 is 0 Å². The van der Waals surface area contributed by atoms with Crippen molar-refractivity contribution in [1.82, 2.24) is 10.2 Å². The monoisotopic (exact) mass is 580 g/mol. The molecule has 10 nitrogen and oxygen atoms in total. The molecular weight excluding hydrogens is 544 g/mol. The number of hydrogen-bond acceptors (Lipinski definition) is 6. The number of carbonyl (C=O) groups excluding carboxylic acids is 2. The predicted octanol–water partition coefficient (Wildman–Crippen LogP) is 4.55. The van der Waals surface area contributed by atoms with Gasteiger partial charge in [-0.25, -0.2) is 8.42 Å². The number of anilines is 1. The van der Waals surface area contributed by atoms with E-state index in [1.54, 1.807) is 25.1 Å². The summed E-state index contributed by atoms with van der Waals surface area (Å²) in [5.41, 5.74) is 0.606. The minimum absolute atomic E-state index is 0.0310. The van der Waals surface area contributed by atoms with Crippen molar-refractivity contribution in [3.8, 4) is 0 Å². The predicted molar refractivity (Wildman–Crippen MR) is 158 cm³/mol. The van der Waals surface area contributed by atoms with Crippen molar-refractivity contribution in [1.29, 1.82) is 0 Å². The van der Waals surface area contributed by atoms with Crippen molar-refractivity contribution in [3.63, 3.8) is 0 Å². The van der Waals surface area contributed by atoms with Crippen LogP contribution in [-0.4, -0.2) is 55.2 Å². The zero-order valence-electron chi connectivity index (χ0n) is 23.5. The van der Waals surface area contributed by atoms with E-state index in [0.29, 0.717) is 19.3 Å². The number of hydrogen-bond donors (Lipinski definition) is 1. The molecule has 0 radical (unpaired) electrons. The van der Waals surface area contributed by atoms with Gasteiger partial charge in [-0.1, -0.05) is 68.4 Å². The Labute approximate surface area is 241 Å². The molecule has 3 aromatic rings. The molecule has 0 heterocycles. The van der Waals surface area contributed by atoms with Gasteiger partial charge in [0.2, 0.25) is 11.8 Å². The highest BCUT2D eigenvalue weighted by molar-refractivity contribution is 7.92. The second-order valence-electron chi connectivity index (χ2n) is 9.67. The minimum atomic E-state index is -4.31. The third-order valence-corrected chi connectivity index (χ3v) is 8.60. The van der Waals surface area contributed by atoms with E-state index in [1.165, 1.54) is 35.2 Å². The van der Waals surface area contributed by atoms with Gasteiger partial charge in [-0.3, -0.25) is 24.0 Å². The van der Waals surface area contributed by atoms with E-state index in [-0.39, 0.29) is 34.8 Å². The Hall–Kier alpha value is -4.25. The number of nitro groups is 1. The maximum atomic E-state index is 14.0. The molecule has 3 aromatic carbocycles. The SMILES string of the molecule is CC[C@@H](C)NC(=O)[C@@H](CC)N(CCc1ccccc1)C(=O)CN(c1cccc([N+](=O)[O-])c1)S(=O)(=O)c1ccccc1. The highest BCUT2D eigenvalue weighted by Crippen LogP contribution is 2.27. The van der Waals surface area contributed by atoms with Crippen molar-refractivity contribution in [2.45, 2.75) is 57.0 Å². The average Bonchev–Trinajstić information content (AvgIpc) is 2.98. The third-order valence-electron chi connectivity index (χ3n) is 6.81. The Morgan fingerprint density at radius 2 is 1.56 bits per heavy atom. The Morgan fingerprint density at radius 3 is 2.15 bits per heavy atom. The molecule has 0 aliphatic rings. The molecule has 0 bridgehead atoms. The molecule has 41 heavy (non-hydrogen) atoms. The number of rotatable bonds is 14. The van der Waals surface area contributed by atoms with Crippen LogP contribution in [0.5, 0.6) is 0 Å². The molecule has 0 fully saturated rings. The molecule has 0 saturated heterocycles. The van der Waals surface area contributed by atoms with E-state index in [4.69, 9.17) is 0 Å². The minimum Gasteiger partial charge on any atom is -0.352 e. The van der Waals surface area contributed by atoms with Crippen molar-refractivity contribution < 1.29 is 22.9 Å². The van der Waals surface area contributed by atoms with Gasteiger partial charge in [0.1, 0.15) is 12.6 Å². The lowest BCUT2D eigenvalue weighted by Crippen LogP contribution is -2.54. The van der Waals surface area contributed by atoms with Crippen LogP contribution in [0.3, 0.4) is 0 Å². The molecule has 2 atom stereocenters. The van der Waals surface area contributed by atoms with Gasteiger partial charge in [-0.05, 0) is 49.9 Å².